The number of carbonyl (C=O) groups excluding carboxylic acids is 1. The maximum absolute atomic E-state index is 12.4. The summed E-state index contributed by atoms with van der Waals surface area (Å²) in [5.74, 6) is -1.60. The Hall–Kier alpha value is -0.306. The monoisotopic (exact) mass is 255 g/mol. The fourth-order valence-electron chi connectivity index (χ4n) is 2.33. The number of amides is 1. The van der Waals surface area contributed by atoms with E-state index < -0.39 is 28.6 Å². The third kappa shape index (κ3) is 2.27. The molecule has 0 unspecified atom stereocenters. The molecular weight excluding hydrogens is 239 g/mol. The quantitative estimate of drug-likeness (QED) is 0.610. The summed E-state index contributed by atoms with van der Waals surface area (Å²) in [6.45, 7) is 7.38. The van der Waals surface area contributed by atoms with Gasteiger partial charge in [-0.2, -0.15) is 13.2 Å². The Morgan fingerprint density at radius 2 is 1.40 bits per heavy atom. The fourth-order valence-corrected chi connectivity index (χ4v) is 16.3. The molecule has 0 aliphatic carbocycles. The number of nitrogens with zero attached hydrogens (tertiary/aromatic N) is 1. The maximum atomic E-state index is 12.4. The number of hydrogen-bond donors (Lipinski definition) is 0. The lowest BCUT2D eigenvalue weighted by Gasteiger charge is -2.39. The molecule has 1 aliphatic rings. The van der Waals surface area contributed by atoms with E-state index >= 15 is 0 Å². The molecule has 0 aromatic carbocycles. The highest BCUT2D eigenvalue weighted by Gasteiger charge is 2.56. The molecule has 88 valence electrons. The number of rotatable bonds is 0. The van der Waals surface area contributed by atoms with E-state index in [1.165, 1.54) is 4.23 Å². The third-order valence-corrected chi connectivity index (χ3v) is 12.9. The van der Waals surface area contributed by atoms with Gasteiger partial charge in [-0.1, -0.05) is 26.2 Å². The number of hydrogen-bond acceptors (Lipinski definition) is 1. The predicted molar refractivity (Wildman–Crippen MR) is 57.5 cm³/mol. The highest BCUT2D eigenvalue weighted by atomic mass is 28.4. The lowest BCUT2D eigenvalue weighted by Crippen LogP contribution is -2.61. The van der Waals surface area contributed by atoms with Crippen molar-refractivity contribution in [3.05, 3.63) is 0 Å². The molecule has 0 saturated carbocycles. The van der Waals surface area contributed by atoms with Crippen LogP contribution in [0.3, 0.4) is 0 Å². The Bertz CT molecular complexity index is 272. The summed E-state index contributed by atoms with van der Waals surface area (Å²) in [7, 11) is -4.30. The first-order valence-corrected chi connectivity index (χ1v) is 11.2. The van der Waals surface area contributed by atoms with Crippen LogP contribution in [0.4, 0.5) is 13.2 Å². The Morgan fingerprint density at radius 1 is 1.07 bits per heavy atom. The van der Waals surface area contributed by atoms with Crippen molar-refractivity contribution in [1.29, 1.82) is 0 Å². The van der Waals surface area contributed by atoms with Crippen molar-refractivity contribution >= 4 is 22.4 Å². The van der Waals surface area contributed by atoms with Crippen LogP contribution in [-0.4, -0.2) is 32.8 Å². The zero-order chi connectivity index (χ0) is 12.1. The lowest BCUT2D eigenvalue weighted by atomic mass is 10.6. The summed E-state index contributed by atoms with van der Waals surface area (Å²) >= 11 is 0. The molecule has 0 spiro atoms. The Labute approximate surface area is 89.6 Å². The zero-order valence-corrected chi connectivity index (χ0v) is 11.4. The Kier molecular flexibility index (Phi) is 2.84. The van der Waals surface area contributed by atoms with Crippen LogP contribution in [0, 0.1) is 0 Å². The van der Waals surface area contributed by atoms with Crippen LogP contribution in [0.1, 0.15) is 0 Å². The second-order valence-corrected chi connectivity index (χ2v) is 14.9. The van der Waals surface area contributed by atoms with Crippen LogP contribution < -0.4 is 0 Å². The van der Waals surface area contributed by atoms with Crippen molar-refractivity contribution < 1.29 is 18.0 Å². The highest BCUT2D eigenvalue weighted by molar-refractivity contribution is 6.97. The highest BCUT2D eigenvalue weighted by Crippen LogP contribution is 2.39. The van der Waals surface area contributed by atoms with Gasteiger partial charge in [0.05, 0.1) is 0 Å². The summed E-state index contributed by atoms with van der Waals surface area (Å²) in [6.07, 6.45) is -4.71. The molecule has 1 amide bonds. The Balaban J connectivity index is 3.06. The minimum atomic E-state index is -4.71. The van der Waals surface area contributed by atoms with E-state index in [-0.39, 0.29) is 0 Å². The van der Waals surface area contributed by atoms with Gasteiger partial charge in [-0.15, -0.1) is 0 Å². The average molecular weight is 255 g/mol. The average Bonchev–Trinajstić information content (AvgIpc) is 2.18. The topological polar surface area (TPSA) is 20.3 Å². The van der Waals surface area contributed by atoms with Crippen LogP contribution in [0.5, 0.6) is 0 Å². The van der Waals surface area contributed by atoms with Gasteiger partial charge in [0.1, 0.15) is 16.5 Å². The van der Waals surface area contributed by atoms with Gasteiger partial charge in [-0.3, -0.25) is 4.79 Å². The molecule has 15 heavy (non-hydrogen) atoms. The van der Waals surface area contributed by atoms with E-state index in [0.29, 0.717) is 0 Å². The van der Waals surface area contributed by atoms with Crippen molar-refractivity contribution in [2.75, 3.05) is 0 Å². The summed E-state index contributed by atoms with van der Waals surface area (Å²) in [5, 5.41) is 0. The second-order valence-electron chi connectivity index (χ2n) is 5.26. The van der Waals surface area contributed by atoms with Gasteiger partial charge in [0, 0.05) is 0 Å². The molecule has 0 atom stereocenters. The van der Waals surface area contributed by atoms with Crippen molar-refractivity contribution in [2.24, 2.45) is 0 Å². The van der Waals surface area contributed by atoms with Gasteiger partial charge < -0.3 is 4.23 Å². The minimum Gasteiger partial charge on any atom is -0.388 e. The predicted octanol–water partition coefficient (Wildman–Crippen LogP) is 2.80. The van der Waals surface area contributed by atoms with E-state index in [0.717, 1.165) is 12.1 Å². The number of carbonyl (C=O) groups is 1. The largest absolute Gasteiger partial charge is 0.469 e. The van der Waals surface area contributed by atoms with Crippen molar-refractivity contribution in [3.8, 4) is 0 Å². The smallest absolute Gasteiger partial charge is 0.388 e. The minimum absolute atomic E-state index is 0.800. The molecular formula is C8H16F3NOSi2. The number of halogens is 3. The molecule has 0 N–H and O–H groups in total. The van der Waals surface area contributed by atoms with Crippen molar-refractivity contribution in [2.45, 2.75) is 44.5 Å². The van der Waals surface area contributed by atoms with Gasteiger partial charge in [-0.25, -0.2) is 0 Å². The van der Waals surface area contributed by atoms with Crippen LogP contribution in [-0.2, 0) is 4.79 Å². The molecule has 1 rings (SSSR count). The summed E-state index contributed by atoms with van der Waals surface area (Å²) in [4.78, 5) is 11.4. The van der Waals surface area contributed by atoms with Gasteiger partial charge in [0.2, 0.25) is 0 Å². The molecule has 0 aromatic rings. The summed E-state index contributed by atoms with van der Waals surface area (Å²) < 4.78 is 38.6. The molecule has 1 heterocycles. The second kappa shape index (κ2) is 3.34. The van der Waals surface area contributed by atoms with Gasteiger partial charge in [0.15, 0.2) is 0 Å². The molecule has 2 nitrogen and oxygen atoms in total. The SMILES string of the molecule is C[Si]1(C)CC[Si](C)(C)N1C(=O)C(F)(F)F. The van der Waals surface area contributed by atoms with E-state index in [4.69, 9.17) is 0 Å². The maximum Gasteiger partial charge on any atom is 0.469 e. The molecule has 7 heteroatoms. The van der Waals surface area contributed by atoms with Crippen LogP contribution in [0.2, 0.25) is 38.3 Å². The van der Waals surface area contributed by atoms with E-state index in [1.807, 2.05) is 26.2 Å². The van der Waals surface area contributed by atoms with Crippen molar-refractivity contribution in [1.82, 2.24) is 4.23 Å². The van der Waals surface area contributed by atoms with Crippen LogP contribution >= 0.6 is 0 Å². The van der Waals surface area contributed by atoms with Gasteiger partial charge in [-0.05, 0) is 12.1 Å². The molecule has 0 radical (unpaired) electrons. The molecule has 1 fully saturated rings. The fraction of sp³-hybridized carbons (Fsp3) is 0.875. The normalized spacial score (nSPS) is 24.3. The molecule has 0 aromatic heterocycles. The van der Waals surface area contributed by atoms with Gasteiger partial charge >= 0.3 is 12.1 Å². The zero-order valence-electron chi connectivity index (χ0n) is 9.40. The first-order valence-electron chi connectivity index (χ1n) is 4.90. The van der Waals surface area contributed by atoms with E-state index in [2.05, 4.69) is 0 Å². The van der Waals surface area contributed by atoms with Crippen molar-refractivity contribution in [3.63, 3.8) is 0 Å². The molecule has 1 aliphatic heterocycles. The van der Waals surface area contributed by atoms with E-state index in [1.54, 1.807) is 0 Å². The Morgan fingerprint density at radius 3 is 1.67 bits per heavy atom. The first kappa shape index (κ1) is 12.8. The van der Waals surface area contributed by atoms with Gasteiger partial charge in [0.25, 0.3) is 0 Å². The summed E-state index contributed by atoms with van der Waals surface area (Å²) in [5.41, 5.74) is 0. The van der Waals surface area contributed by atoms with Crippen LogP contribution in [0.25, 0.3) is 0 Å². The standard InChI is InChI=1S/C8H16F3NOSi2/c1-14(2)5-6-15(3,4)12(14)7(13)8(9,10)11/h5-6H2,1-4H3. The first-order chi connectivity index (χ1) is 6.48. The van der Waals surface area contributed by atoms with Crippen LogP contribution in [0.15, 0.2) is 0 Å². The number of alkyl halides is 3. The molecule has 0 bridgehead atoms. The third-order valence-electron chi connectivity index (χ3n) is 3.00. The molecule has 1 saturated heterocycles. The van der Waals surface area contributed by atoms with E-state index in [9.17, 15) is 18.0 Å². The lowest BCUT2D eigenvalue weighted by molar-refractivity contribution is -0.177. The summed E-state index contributed by atoms with van der Waals surface area (Å²) in [6, 6.07) is 1.60.